The van der Waals surface area contributed by atoms with Gasteiger partial charge < -0.3 is 25.6 Å². The van der Waals surface area contributed by atoms with Gasteiger partial charge in [0.2, 0.25) is 11.8 Å². The Labute approximate surface area is 199 Å². The van der Waals surface area contributed by atoms with Crippen LogP contribution in [-0.4, -0.2) is 84.9 Å². The average Bonchev–Trinajstić information content (AvgIpc) is 3.47. The number of hydrogen-bond donors (Lipinski definition) is 3. The Balaban J connectivity index is 1.45. The molecule has 1 aromatic heterocycles. The van der Waals surface area contributed by atoms with E-state index < -0.39 is 18.1 Å². The Hall–Kier alpha value is -3.24. The fraction of sp³-hybridized carbons (Fsp3) is 0.500. The molecule has 2 aliphatic rings. The lowest BCUT2D eigenvalue weighted by Gasteiger charge is -2.43. The summed E-state index contributed by atoms with van der Waals surface area (Å²) < 4.78 is 7.03. The van der Waals surface area contributed by atoms with Crippen LogP contribution in [0.5, 0.6) is 0 Å². The Kier molecular flexibility index (Phi) is 6.99. The molecule has 10 heteroatoms. The van der Waals surface area contributed by atoms with Crippen molar-refractivity contribution in [3.8, 4) is 0 Å². The van der Waals surface area contributed by atoms with Gasteiger partial charge in [0.05, 0.1) is 30.3 Å². The zero-order valence-corrected chi connectivity index (χ0v) is 19.8. The molecule has 2 saturated heterocycles. The van der Waals surface area contributed by atoms with Gasteiger partial charge in [-0.1, -0.05) is 30.3 Å². The molecule has 10 nitrogen and oxygen atoms in total. The zero-order valence-electron chi connectivity index (χ0n) is 19.8. The number of nitrogens with zero attached hydrogens (tertiary/aromatic N) is 3. The molecular weight excluding hydrogens is 436 g/mol. The molecule has 2 aromatic rings. The lowest BCUT2D eigenvalue weighted by atomic mass is 9.72. The summed E-state index contributed by atoms with van der Waals surface area (Å²) in [7, 11) is 3.02. The van der Waals surface area contributed by atoms with E-state index in [1.807, 2.05) is 30.3 Å². The monoisotopic (exact) mass is 468 g/mol. The van der Waals surface area contributed by atoms with Crippen molar-refractivity contribution >= 4 is 17.7 Å². The fourth-order valence-corrected chi connectivity index (χ4v) is 4.74. The lowest BCUT2D eigenvalue weighted by molar-refractivity contribution is -0.136. The van der Waals surface area contributed by atoms with Gasteiger partial charge in [0, 0.05) is 51.9 Å². The highest BCUT2D eigenvalue weighted by Crippen LogP contribution is 2.40. The smallest absolute Gasteiger partial charge is 0.257 e. The van der Waals surface area contributed by atoms with Crippen molar-refractivity contribution in [3.05, 3.63) is 53.9 Å². The van der Waals surface area contributed by atoms with Gasteiger partial charge in [0.15, 0.2) is 0 Å². The number of aromatic nitrogens is 2. The number of carbonyl (C=O) groups is 3. The number of benzene rings is 1. The molecule has 0 bridgehead atoms. The molecule has 2 aliphatic heterocycles. The zero-order chi connectivity index (χ0) is 24.3. The molecule has 2 fully saturated rings. The second kappa shape index (κ2) is 9.94. The topological polar surface area (TPSA) is 118 Å². The van der Waals surface area contributed by atoms with Crippen LogP contribution in [0.25, 0.3) is 0 Å². The summed E-state index contributed by atoms with van der Waals surface area (Å²) in [6.07, 6.45) is 2.83. The Morgan fingerprint density at radius 1 is 1.26 bits per heavy atom. The van der Waals surface area contributed by atoms with E-state index >= 15 is 0 Å². The van der Waals surface area contributed by atoms with Gasteiger partial charge in [0.1, 0.15) is 6.04 Å². The highest BCUT2D eigenvalue weighted by Gasteiger charge is 2.55. The van der Waals surface area contributed by atoms with Crippen LogP contribution in [0.4, 0.5) is 0 Å². The number of carbonyl (C=O) groups excluding carboxylic acids is 3. The molecule has 3 atom stereocenters. The first-order valence-corrected chi connectivity index (χ1v) is 11.5. The molecule has 3 N–H and O–H groups in total. The Morgan fingerprint density at radius 3 is 2.62 bits per heavy atom. The second-order valence-corrected chi connectivity index (χ2v) is 9.16. The standard InChI is InChI=1S/C24H32N6O4/c1-16(34-3)20(22(32)25-2)28-21(31)19-12-29(15-24(19)13-26-14-24)23(33)18-9-27-30(11-18)10-17-7-5-4-6-8-17/h4-9,11,16,19-20,26H,10,12-15H2,1-3H3,(H,25,32)(H,28,31)/t16-,19?,20+/m1/s1. The second-order valence-electron chi connectivity index (χ2n) is 9.16. The quantitative estimate of drug-likeness (QED) is 0.496. The minimum atomic E-state index is -0.812. The summed E-state index contributed by atoms with van der Waals surface area (Å²) in [6, 6.07) is 9.10. The number of amides is 3. The van der Waals surface area contributed by atoms with Gasteiger partial charge >= 0.3 is 0 Å². The van der Waals surface area contributed by atoms with Crippen LogP contribution in [0.2, 0.25) is 0 Å². The van der Waals surface area contributed by atoms with E-state index in [1.54, 1.807) is 28.9 Å². The minimum Gasteiger partial charge on any atom is -0.379 e. The van der Waals surface area contributed by atoms with E-state index in [2.05, 4.69) is 21.0 Å². The molecule has 3 heterocycles. The first kappa shape index (κ1) is 23.9. The van der Waals surface area contributed by atoms with Crippen molar-refractivity contribution in [2.75, 3.05) is 40.3 Å². The van der Waals surface area contributed by atoms with Crippen LogP contribution in [0, 0.1) is 11.3 Å². The van der Waals surface area contributed by atoms with E-state index in [0.29, 0.717) is 31.7 Å². The first-order chi connectivity index (χ1) is 16.4. The molecule has 0 saturated carbocycles. The van der Waals surface area contributed by atoms with Crippen molar-refractivity contribution < 1.29 is 19.1 Å². The van der Waals surface area contributed by atoms with Gasteiger partial charge in [-0.3, -0.25) is 19.1 Å². The summed E-state index contributed by atoms with van der Waals surface area (Å²) in [6.45, 7) is 4.37. The van der Waals surface area contributed by atoms with Crippen LogP contribution >= 0.6 is 0 Å². The fourth-order valence-electron chi connectivity index (χ4n) is 4.74. The summed E-state index contributed by atoms with van der Waals surface area (Å²) in [5.74, 6) is -1.13. The first-order valence-electron chi connectivity index (χ1n) is 11.5. The molecule has 1 aromatic carbocycles. The van der Waals surface area contributed by atoms with Crippen molar-refractivity contribution in [2.24, 2.45) is 11.3 Å². The average molecular weight is 469 g/mol. The highest BCUT2D eigenvalue weighted by molar-refractivity contribution is 5.95. The third-order valence-electron chi connectivity index (χ3n) is 6.94. The number of ether oxygens (including phenoxy) is 1. The third-order valence-corrected chi connectivity index (χ3v) is 6.94. The maximum Gasteiger partial charge on any atom is 0.257 e. The third kappa shape index (κ3) is 4.69. The summed E-state index contributed by atoms with van der Waals surface area (Å²) in [5.41, 5.74) is 1.25. The van der Waals surface area contributed by atoms with Crippen LogP contribution in [0.15, 0.2) is 42.7 Å². The normalized spacial score (nSPS) is 20.4. The molecule has 34 heavy (non-hydrogen) atoms. The molecule has 1 unspecified atom stereocenters. The highest BCUT2D eigenvalue weighted by atomic mass is 16.5. The van der Waals surface area contributed by atoms with Crippen LogP contribution < -0.4 is 16.0 Å². The van der Waals surface area contributed by atoms with Gasteiger partial charge in [-0.05, 0) is 12.5 Å². The van der Waals surface area contributed by atoms with E-state index in [1.165, 1.54) is 14.2 Å². The number of hydrogen-bond acceptors (Lipinski definition) is 6. The minimum absolute atomic E-state index is 0.144. The number of rotatable bonds is 8. The Morgan fingerprint density at radius 2 is 2.00 bits per heavy atom. The van der Waals surface area contributed by atoms with E-state index in [-0.39, 0.29) is 29.7 Å². The van der Waals surface area contributed by atoms with Crippen molar-refractivity contribution in [3.63, 3.8) is 0 Å². The largest absolute Gasteiger partial charge is 0.379 e. The van der Waals surface area contributed by atoms with E-state index in [9.17, 15) is 14.4 Å². The number of nitrogens with one attached hydrogen (secondary N) is 3. The van der Waals surface area contributed by atoms with Crippen LogP contribution in [-0.2, 0) is 20.9 Å². The maximum absolute atomic E-state index is 13.3. The van der Waals surface area contributed by atoms with Crippen LogP contribution in [0.1, 0.15) is 22.8 Å². The predicted octanol–water partition coefficient (Wildman–Crippen LogP) is -0.141. The van der Waals surface area contributed by atoms with Gasteiger partial charge in [0.25, 0.3) is 5.91 Å². The number of likely N-dealkylation sites (N-methyl/N-ethyl adjacent to an activating group) is 1. The summed E-state index contributed by atoms with van der Waals surface area (Å²) >= 11 is 0. The summed E-state index contributed by atoms with van der Waals surface area (Å²) in [5, 5.41) is 13.0. The SMILES string of the molecule is CNC(=O)[C@@H](NC(=O)C1CN(C(=O)c2cnn(Cc3ccccc3)c2)CC12CNC2)[C@@H](C)OC. The Bertz CT molecular complexity index is 1040. The maximum atomic E-state index is 13.3. The molecule has 3 amide bonds. The molecular formula is C24H32N6O4. The van der Waals surface area contributed by atoms with E-state index in [4.69, 9.17) is 4.74 Å². The molecule has 0 aliphatic carbocycles. The van der Waals surface area contributed by atoms with Crippen LogP contribution in [0.3, 0.4) is 0 Å². The van der Waals surface area contributed by atoms with Gasteiger partial charge in [-0.25, -0.2) is 0 Å². The van der Waals surface area contributed by atoms with Crippen molar-refractivity contribution in [1.29, 1.82) is 0 Å². The molecule has 0 radical (unpaired) electrons. The molecule has 182 valence electrons. The molecule has 4 rings (SSSR count). The van der Waals surface area contributed by atoms with Crippen molar-refractivity contribution in [1.82, 2.24) is 30.6 Å². The van der Waals surface area contributed by atoms with Gasteiger partial charge in [-0.15, -0.1) is 0 Å². The van der Waals surface area contributed by atoms with E-state index in [0.717, 1.165) is 5.56 Å². The van der Waals surface area contributed by atoms with Gasteiger partial charge in [-0.2, -0.15) is 5.10 Å². The number of methoxy groups -OCH3 is 1. The molecule has 1 spiro atoms. The predicted molar refractivity (Wildman–Crippen MR) is 125 cm³/mol. The number of likely N-dealkylation sites (tertiary alicyclic amines) is 1. The van der Waals surface area contributed by atoms with Crippen molar-refractivity contribution in [2.45, 2.75) is 25.6 Å². The summed E-state index contributed by atoms with van der Waals surface area (Å²) in [4.78, 5) is 40.6. The lowest BCUT2D eigenvalue weighted by Crippen LogP contribution is -2.62.